The summed E-state index contributed by atoms with van der Waals surface area (Å²) in [5.41, 5.74) is 2.86. The number of ether oxygens (including phenoxy) is 1. The van der Waals surface area contributed by atoms with Gasteiger partial charge in [0.05, 0.1) is 6.10 Å². The number of halogens is 1. The predicted octanol–water partition coefficient (Wildman–Crippen LogP) is 3.66. The minimum absolute atomic E-state index is 0.235. The Labute approximate surface area is 118 Å². The van der Waals surface area contributed by atoms with Gasteiger partial charge >= 0.3 is 0 Å². The van der Waals surface area contributed by atoms with Crippen LogP contribution in [-0.4, -0.2) is 19.3 Å². The summed E-state index contributed by atoms with van der Waals surface area (Å²) in [7, 11) is 1.81. The molecule has 0 bridgehead atoms. The molecule has 1 aliphatic rings. The smallest absolute Gasteiger partial charge is 0.0652 e. The fraction of sp³-hybridized carbons (Fsp3) is 0.600. The second-order valence-electron chi connectivity index (χ2n) is 5.80. The van der Waals surface area contributed by atoms with E-state index in [2.05, 4.69) is 60.2 Å². The maximum atomic E-state index is 5.47. The van der Waals surface area contributed by atoms with Crippen LogP contribution in [0.3, 0.4) is 0 Å². The standard InChI is InChI=1S/C15H22BrNO/c1-10-7-11(5-6-12(10)16)9-17-13-8-14(18-4)15(13,2)3/h5-7,13-14,17H,8-9H2,1-4H3. The number of nitrogens with one attached hydrogen (secondary N) is 1. The van der Waals surface area contributed by atoms with E-state index in [1.807, 2.05) is 0 Å². The van der Waals surface area contributed by atoms with Crippen LogP contribution in [0.4, 0.5) is 0 Å². The molecule has 2 nitrogen and oxygen atoms in total. The summed E-state index contributed by atoms with van der Waals surface area (Å²) in [4.78, 5) is 0. The number of rotatable bonds is 4. The van der Waals surface area contributed by atoms with Crippen LogP contribution in [0, 0.1) is 12.3 Å². The molecule has 100 valence electrons. The molecule has 0 heterocycles. The summed E-state index contributed by atoms with van der Waals surface area (Å²) < 4.78 is 6.65. The van der Waals surface area contributed by atoms with Crippen molar-refractivity contribution in [2.45, 2.75) is 45.9 Å². The largest absolute Gasteiger partial charge is 0.381 e. The lowest BCUT2D eigenvalue weighted by Gasteiger charge is -2.51. The van der Waals surface area contributed by atoms with E-state index in [1.165, 1.54) is 15.6 Å². The molecule has 1 fully saturated rings. The molecule has 1 aromatic rings. The molecule has 0 radical (unpaired) electrons. The van der Waals surface area contributed by atoms with E-state index in [0.29, 0.717) is 12.1 Å². The summed E-state index contributed by atoms with van der Waals surface area (Å²) >= 11 is 3.53. The van der Waals surface area contributed by atoms with Crippen LogP contribution in [0.1, 0.15) is 31.4 Å². The third kappa shape index (κ3) is 2.63. The molecule has 1 aromatic carbocycles. The second-order valence-corrected chi connectivity index (χ2v) is 6.65. The summed E-state index contributed by atoms with van der Waals surface area (Å²) in [6.45, 7) is 7.60. The molecule has 0 spiro atoms. The van der Waals surface area contributed by atoms with Gasteiger partial charge in [0, 0.05) is 29.6 Å². The molecule has 2 rings (SSSR count). The first kappa shape index (κ1) is 14.0. The van der Waals surface area contributed by atoms with Gasteiger partial charge in [0.1, 0.15) is 0 Å². The van der Waals surface area contributed by atoms with E-state index in [1.54, 1.807) is 7.11 Å². The monoisotopic (exact) mass is 311 g/mol. The molecule has 18 heavy (non-hydrogen) atoms. The Morgan fingerprint density at radius 3 is 2.72 bits per heavy atom. The van der Waals surface area contributed by atoms with Crippen LogP contribution in [0.2, 0.25) is 0 Å². The van der Waals surface area contributed by atoms with Gasteiger partial charge in [-0.25, -0.2) is 0 Å². The lowest BCUT2D eigenvalue weighted by Crippen LogP contribution is -2.60. The average molecular weight is 312 g/mol. The molecule has 3 heteroatoms. The molecule has 1 aliphatic carbocycles. The van der Waals surface area contributed by atoms with Gasteiger partial charge in [-0.1, -0.05) is 41.9 Å². The van der Waals surface area contributed by atoms with Crippen molar-refractivity contribution in [3.63, 3.8) is 0 Å². The topological polar surface area (TPSA) is 21.3 Å². The van der Waals surface area contributed by atoms with Gasteiger partial charge in [-0.2, -0.15) is 0 Å². The van der Waals surface area contributed by atoms with E-state index < -0.39 is 0 Å². The summed E-state index contributed by atoms with van der Waals surface area (Å²) in [5, 5.41) is 3.64. The summed E-state index contributed by atoms with van der Waals surface area (Å²) in [6.07, 6.45) is 1.50. The molecular weight excluding hydrogens is 290 g/mol. The average Bonchev–Trinajstić information content (AvgIpc) is 2.32. The Bertz CT molecular complexity index is 431. The lowest BCUT2D eigenvalue weighted by atomic mass is 9.64. The van der Waals surface area contributed by atoms with Gasteiger partial charge in [-0.15, -0.1) is 0 Å². The van der Waals surface area contributed by atoms with Crippen molar-refractivity contribution in [1.29, 1.82) is 0 Å². The highest BCUT2D eigenvalue weighted by Gasteiger charge is 2.48. The molecule has 0 saturated heterocycles. The van der Waals surface area contributed by atoms with E-state index in [9.17, 15) is 0 Å². The van der Waals surface area contributed by atoms with Crippen LogP contribution < -0.4 is 5.32 Å². The van der Waals surface area contributed by atoms with Gasteiger partial charge in [-0.3, -0.25) is 0 Å². The van der Waals surface area contributed by atoms with E-state index in [4.69, 9.17) is 4.74 Å². The maximum Gasteiger partial charge on any atom is 0.0652 e. The SMILES string of the molecule is COC1CC(NCc2ccc(Br)c(C)c2)C1(C)C. The molecule has 1 N–H and O–H groups in total. The zero-order valence-corrected chi connectivity index (χ0v) is 13.2. The summed E-state index contributed by atoms with van der Waals surface area (Å²) in [5.74, 6) is 0. The highest BCUT2D eigenvalue weighted by molar-refractivity contribution is 9.10. The van der Waals surface area contributed by atoms with Crippen molar-refractivity contribution in [2.24, 2.45) is 5.41 Å². The molecule has 0 aliphatic heterocycles. The summed E-state index contributed by atoms with van der Waals surface area (Å²) in [6, 6.07) is 7.07. The normalized spacial score (nSPS) is 25.8. The Hall–Kier alpha value is -0.380. The van der Waals surface area contributed by atoms with E-state index in [-0.39, 0.29) is 5.41 Å². The minimum atomic E-state index is 0.235. The van der Waals surface area contributed by atoms with Crippen molar-refractivity contribution in [1.82, 2.24) is 5.32 Å². The lowest BCUT2D eigenvalue weighted by molar-refractivity contribution is -0.0979. The molecular formula is C15H22BrNO. The van der Waals surface area contributed by atoms with Crippen LogP contribution in [0.15, 0.2) is 22.7 Å². The fourth-order valence-corrected chi connectivity index (χ4v) is 2.94. The molecule has 0 amide bonds. The second kappa shape index (κ2) is 5.32. The number of aryl methyl sites for hydroxylation is 1. The zero-order chi connectivity index (χ0) is 13.3. The van der Waals surface area contributed by atoms with Crippen molar-refractivity contribution in [2.75, 3.05) is 7.11 Å². The Morgan fingerprint density at radius 1 is 1.44 bits per heavy atom. The first-order chi connectivity index (χ1) is 8.45. The van der Waals surface area contributed by atoms with E-state index in [0.717, 1.165) is 13.0 Å². The Balaban J connectivity index is 1.91. The number of benzene rings is 1. The van der Waals surface area contributed by atoms with Crippen molar-refractivity contribution in [3.05, 3.63) is 33.8 Å². The molecule has 2 atom stereocenters. The highest BCUT2D eigenvalue weighted by Crippen LogP contribution is 2.42. The first-order valence-corrected chi connectivity index (χ1v) is 7.25. The maximum absolute atomic E-state index is 5.47. The quantitative estimate of drug-likeness (QED) is 0.916. The molecule has 0 aromatic heterocycles. The first-order valence-electron chi connectivity index (χ1n) is 6.46. The van der Waals surface area contributed by atoms with Crippen LogP contribution in [-0.2, 0) is 11.3 Å². The van der Waals surface area contributed by atoms with Gasteiger partial charge in [-0.05, 0) is 30.5 Å². The Kier molecular flexibility index (Phi) is 4.15. The van der Waals surface area contributed by atoms with Gasteiger partial charge in [0.15, 0.2) is 0 Å². The predicted molar refractivity (Wildman–Crippen MR) is 78.7 cm³/mol. The Morgan fingerprint density at radius 2 is 2.17 bits per heavy atom. The fourth-order valence-electron chi connectivity index (χ4n) is 2.69. The molecule has 2 unspecified atom stereocenters. The van der Waals surface area contributed by atoms with Crippen molar-refractivity contribution >= 4 is 15.9 Å². The van der Waals surface area contributed by atoms with Gasteiger partial charge in [0.25, 0.3) is 0 Å². The number of hydrogen-bond donors (Lipinski definition) is 1. The zero-order valence-electron chi connectivity index (χ0n) is 11.6. The van der Waals surface area contributed by atoms with Crippen LogP contribution >= 0.6 is 15.9 Å². The van der Waals surface area contributed by atoms with Crippen LogP contribution in [0.25, 0.3) is 0 Å². The van der Waals surface area contributed by atoms with Gasteiger partial charge in [0.2, 0.25) is 0 Å². The molecule has 1 saturated carbocycles. The minimum Gasteiger partial charge on any atom is -0.381 e. The van der Waals surface area contributed by atoms with E-state index >= 15 is 0 Å². The number of methoxy groups -OCH3 is 1. The third-order valence-electron chi connectivity index (χ3n) is 4.24. The third-order valence-corrected chi connectivity index (χ3v) is 5.13. The highest BCUT2D eigenvalue weighted by atomic mass is 79.9. The van der Waals surface area contributed by atoms with Crippen LogP contribution in [0.5, 0.6) is 0 Å². The van der Waals surface area contributed by atoms with Crippen molar-refractivity contribution < 1.29 is 4.74 Å². The number of hydrogen-bond acceptors (Lipinski definition) is 2. The van der Waals surface area contributed by atoms with Crippen molar-refractivity contribution in [3.8, 4) is 0 Å². The van der Waals surface area contributed by atoms with Gasteiger partial charge < -0.3 is 10.1 Å².